The number of pyridine rings is 1. The Bertz CT molecular complexity index is 444. The number of aromatic nitrogens is 1. The molecule has 0 bridgehead atoms. The van der Waals surface area contributed by atoms with Gasteiger partial charge in [-0.15, -0.1) is 0 Å². The zero-order valence-corrected chi connectivity index (χ0v) is 11.5. The number of anilines is 1. The Kier molecular flexibility index (Phi) is 4.24. The monoisotopic (exact) mass is 252 g/mol. The molecule has 0 aliphatic rings. The second-order valence-corrected chi connectivity index (χ2v) is 5.17. The van der Waals surface area contributed by atoms with Crippen molar-refractivity contribution < 1.29 is 4.92 Å². The van der Waals surface area contributed by atoms with E-state index in [-0.39, 0.29) is 16.1 Å². The zero-order valence-electron chi connectivity index (χ0n) is 11.5. The van der Waals surface area contributed by atoms with Gasteiger partial charge in [0.2, 0.25) is 0 Å². The van der Waals surface area contributed by atoms with E-state index in [1.54, 1.807) is 6.92 Å². The van der Waals surface area contributed by atoms with Crippen molar-refractivity contribution >= 4 is 11.5 Å². The zero-order chi connectivity index (χ0) is 13.9. The maximum Gasteiger partial charge on any atom is 0.277 e. The van der Waals surface area contributed by atoms with Gasteiger partial charge in [0.15, 0.2) is 0 Å². The van der Waals surface area contributed by atoms with Crippen LogP contribution in [0.5, 0.6) is 0 Å². The SMILES string of the molecule is Cc1cnc(NCC(C)(C)N(C)C)cc1[N+](=O)[O-]. The summed E-state index contributed by atoms with van der Waals surface area (Å²) in [5, 5.41) is 14.0. The van der Waals surface area contributed by atoms with Gasteiger partial charge in [-0.05, 0) is 34.9 Å². The van der Waals surface area contributed by atoms with Gasteiger partial charge in [0, 0.05) is 23.8 Å². The van der Waals surface area contributed by atoms with Crippen molar-refractivity contribution in [1.29, 1.82) is 0 Å². The van der Waals surface area contributed by atoms with Crippen molar-refractivity contribution in [3.63, 3.8) is 0 Å². The normalized spacial score (nSPS) is 11.7. The van der Waals surface area contributed by atoms with Gasteiger partial charge in [0.05, 0.1) is 11.0 Å². The van der Waals surface area contributed by atoms with E-state index in [1.165, 1.54) is 12.3 Å². The second kappa shape index (κ2) is 5.30. The van der Waals surface area contributed by atoms with Crippen molar-refractivity contribution in [2.75, 3.05) is 26.0 Å². The Labute approximate surface area is 107 Å². The molecular weight excluding hydrogens is 232 g/mol. The molecule has 1 rings (SSSR count). The Morgan fingerprint density at radius 1 is 1.50 bits per heavy atom. The van der Waals surface area contributed by atoms with Crippen molar-refractivity contribution in [3.8, 4) is 0 Å². The van der Waals surface area contributed by atoms with E-state index in [1.807, 2.05) is 14.1 Å². The van der Waals surface area contributed by atoms with Gasteiger partial charge < -0.3 is 10.2 Å². The first-order valence-electron chi connectivity index (χ1n) is 5.76. The van der Waals surface area contributed by atoms with Crippen LogP contribution in [0.4, 0.5) is 11.5 Å². The molecule has 0 spiro atoms. The number of nitrogens with one attached hydrogen (secondary N) is 1. The van der Waals surface area contributed by atoms with Crippen LogP contribution < -0.4 is 5.32 Å². The van der Waals surface area contributed by atoms with Gasteiger partial charge >= 0.3 is 0 Å². The van der Waals surface area contributed by atoms with E-state index >= 15 is 0 Å². The van der Waals surface area contributed by atoms with Crippen molar-refractivity contribution in [2.45, 2.75) is 26.3 Å². The van der Waals surface area contributed by atoms with Crippen LogP contribution in [0.3, 0.4) is 0 Å². The Hall–Kier alpha value is -1.69. The third-order valence-electron chi connectivity index (χ3n) is 3.18. The molecule has 6 nitrogen and oxygen atoms in total. The summed E-state index contributed by atoms with van der Waals surface area (Å²) < 4.78 is 0. The molecule has 6 heteroatoms. The van der Waals surface area contributed by atoms with E-state index in [0.29, 0.717) is 17.9 Å². The van der Waals surface area contributed by atoms with Crippen molar-refractivity contribution in [3.05, 3.63) is 27.9 Å². The molecule has 0 saturated carbocycles. The quantitative estimate of drug-likeness (QED) is 0.641. The van der Waals surface area contributed by atoms with Gasteiger partial charge in [-0.2, -0.15) is 0 Å². The number of aryl methyl sites for hydroxylation is 1. The van der Waals surface area contributed by atoms with Crippen LogP contribution in [-0.2, 0) is 0 Å². The highest BCUT2D eigenvalue weighted by atomic mass is 16.6. The molecule has 100 valence electrons. The Morgan fingerprint density at radius 3 is 2.61 bits per heavy atom. The van der Waals surface area contributed by atoms with Gasteiger partial charge in [0.1, 0.15) is 5.82 Å². The molecule has 0 aliphatic heterocycles. The minimum Gasteiger partial charge on any atom is -0.368 e. The average molecular weight is 252 g/mol. The number of likely N-dealkylation sites (N-methyl/N-ethyl adjacent to an activating group) is 1. The molecular formula is C12H20N4O2. The molecule has 0 aromatic carbocycles. The molecule has 0 aliphatic carbocycles. The molecule has 0 atom stereocenters. The van der Waals surface area contributed by atoms with Crippen molar-refractivity contribution in [1.82, 2.24) is 9.88 Å². The summed E-state index contributed by atoms with van der Waals surface area (Å²) in [6, 6.07) is 1.47. The van der Waals surface area contributed by atoms with E-state index in [2.05, 4.69) is 29.0 Å². The van der Waals surface area contributed by atoms with Crippen molar-refractivity contribution in [2.24, 2.45) is 0 Å². The first-order valence-corrected chi connectivity index (χ1v) is 5.76. The summed E-state index contributed by atoms with van der Waals surface area (Å²) in [5.74, 6) is 0.530. The lowest BCUT2D eigenvalue weighted by Gasteiger charge is -2.32. The molecule has 0 radical (unpaired) electrons. The summed E-state index contributed by atoms with van der Waals surface area (Å²) in [5.41, 5.74) is 0.606. The second-order valence-electron chi connectivity index (χ2n) is 5.17. The smallest absolute Gasteiger partial charge is 0.277 e. The van der Waals surface area contributed by atoms with Crippen LogP contribution in [-0.4, -0.2) is 41.0 Å². The fourth-order valence-electron chi connectivity index (χ4n) is 1.27. The minimum absolute atomic E-state index is 0.0542. The largest absolute Gasteiger partial charge is 0.368 e. The van der Waals surface area contributed by atoms with Crippen LogP contribution in [0, 0.1) is 17.0 Å². The standard InChI is InChI=1S/C12H20N4O2/c1-9-7-13-11(6-10(9)16(17)18)14-8-12(2,3)15(4)5/h6-7H,8H2,1-5H3,(H,13,14). The topological polar surface area (TPSA) is 71.3 Å². The fraction of sp³-hybridized carbons (Fsp3) is 0.583. The minimum atomic E-state index is -0.390. The Balaban J connectivity index is 2.81. The fourth-order valence-corrected chi connectivity index (χ4v) is 1.27. The molecule has 0 saturated heterocycles. The molecule has 0 fully saturated rings. The highest BCUT2D eigenvalue weighted by Gasteiger charge is 2.20. The van der Waals surface area contributed by atoms with Gasteiger partial charge in [-0.25, -0.2) is 4.98 Å². The molecule has 1 heterocycles. The molecule has 1 aromatic heterocycles. The first kappa shape index (κ1) is 14.4. The predicted molar refractivity (Wildman–Crippen MR) is 71.9 cm³/mol. The summed E-state index contributed by atoms with van der Waals surface area (Å²) in [6.45, 7) is 6.51. The maximum atomic E-state index is 10.8. The average Bonchev–Trinajstić information content (AvgIpc) is 2.27. The summed E-state index contributed by atoms with van der Waals surface area (Å²) in [4.78, 5) is 16.7. The molecule has 18 heavy (non-hydrogen) atoms. The number of nitro groups is 1. The third-order valence-corrected chi connectivity index (χ3v) is 3.18. The molecule has 1 aromatic rings. The van der Waals surface area contributed by atoms with E-state index in [9.17, 15) is 10.1 Å². The lowest BCUT2D eigenvalue weighted by molar-refractivity contribution is -0.385. The first-order chi connectivity index (χ1) is 8.24. The summed E-state index contributed by atoms with van der Waals surface area (Å²) >= 11 is 0. The van der Waals surface area contributed by atoms with E-state index in [0.717, 1.165) is 0 Å². The number of hydrogen-bond acceptors (Lipinski definition) is 5. The van der Waals surface area contributed by atoms with E-state index in [4.69, 9.17) is 0 Å². The number of nitrogens with zero attached hydrogens (tertiary/aromatic N) is 3. The van der Waals surface area contributed by atoms with Crippen LogP contribution in [0.2, 0.25) is 0 Å². The number of hydrogen-bond donors (Lipinski definition) is 1. The van der Waals surface area contributed by atoms with Crippen LogP contribution in [0.15, 0.2) is 12.3 Å². The Morgan fingerprint density at radius 2 is 2.11 bits per heavy atom. The van der Waals surface area contributed by atoms with E-state index < -0.39 is 0 Å². The number of rotatable bonds is 5. The van der Waals surface area contributed by atoms with Crippen LogP contribution in [0.1, 0.15) is 19.4 Å². The molecule has 0 unspecified atom stereocenters. The maximum absolute atomic E-state index is 10.8. The highest BCUT2D eigenvalue weighted by molar-refractivity contribution is 5.49. The lowest BCUT2D eigenvalue weighted by atomic mass is 10.0. The summed E-state index contributed by atoms with van der Waals surface area (Å²) in [7, 11) is 3.99. The molecule has 0 amide bonds. The predicted octanol–water partition coefficient (Wildman–Crippen LogP) is 2.05. The van der Waals surface area contributed by atoms with Gasteiger partial charge in [0.25, 0.3) is 5.69 Å². The van der Waals surface area contributed by atoms with Gasteiger partial charge in [-0.1, -0.05) is 0 Å². The lowest BCUT2D eigenvalue weighted by Crippen LogP contribution is -2.44. The summed E-state index contributed by atoms with van der Waals surface area (Å²) in [6.07, 6.45) is 1.52. The molecule has 1 N–H and O–H groups in total. The third kappa shape index (κ3) is 3.40. The van der Waals surface area contributed by atoms with Crippen LogP contribution in [0.25, 0.3) is 0 Å². The van der Waals surface area contributed by atoms with Gasteiger partial charge in [-0.3, -0.25) is 10.1 Å². The van der Waals surface area contributed by atoms with Crippen LogP contribution >= 0.6 is 0 Å². The highest BCUT2D eigenvalue weighted by Crippen LogP contribution is 2.20.